The van der Waals surface area contributed by atoms with E-state index in [4.69, 9.17) is 4.74 Å². The number of nitro benzene ring substituents is 1. The van der Waals surface area contributed by atoms with Crippen LogP contribution in [-0.2, 0) is 36.1 Å². The van der Waals surface area contributed by atoms with E-state index >= 15 is 0 Å². The lowest BCUT2D eigenvalue weighted by molar-refractivity contribution is -0.385. The number of carbonyl (C=O) groups is 4. The van der Waals surface area contributed by atoms with Gasteiger partial charge in [-0.25, -0.2) is 0 Å². The molecule has 4 atom stereocenters. The highest BCUT2D eigenvalue weighted by Crippen LogP contribution is 2.47. The fraction of sp³-hybridized carbons (Fsp3) is 0.419. The number of nitro groups is 1. The van der Waals surface area contributed by atoms with Crippen molar-refractivity contribution in [3.8, 4) is 0 Å². The standard InChI is InChI=1S/C31H34N4O9/c1-19(6-3-10-27(38)32-13-5-9-24(32)18-36)31(41)25-15-23(35(42)43)11-12-26(25)33(30(31)40)17-21-7-4-8-22(14-21)34-28(39)16-29(34)44-20(2)37/h3-4,6-8,11-12,14-15,19,24,29,36,41H,5,9-10,13,16-18H2,1-2H3/b6-3+/t19-,24+,29?,31+/m1/s1. The molecule has 3 aliphatic heterocycles. The molecule has 3 aliphatic rings. The maximum atomic E-state index is 14.0. The third-order valence-corrected chi connectivity index (χ3v) is 8.49. The molecule has 0 spiro atoms. The average Bonchev–Trinajstić information content (AvgIpc) is 3.54. The van der Waals surface area contributed by atoms with Crippen molar-refractivity contribution in [1.82, 2.24) is 4.90 Å². The molecule has 2 N–H and O–H groups in total. The van der Waals surface area contributed by atoms with E-state index in [0.29, 0.717) is 23.5 Å². The lowest BCUT2D eigenvalue weighted by Crippen LogP contribution is -2.54. The van der Waals surface area contributed by atoms with Crippen molar-refractivity contribution in [3.63, 3.8) is 0 Å². The van der Waals surface area contributed by atoms with Gasteiger partial charge in [0.15, 0.2) is 11.8 Å². The lowest BCUT2D eigenvalue weighted by Gasteiger charge is -2.39. The smallest absolute Gasteiger partial charge is 0.304 e. The predicted molar refractivity (Wildman–Crippen MR) is 157 cm³/mol. The van der Waals surface area contributed by atoms with Gasteiger partial charge in [0.2, 0.25) is 11.8 Å². The summed E-state index contributed by atoms with van der Waals surface area (Å²) < 4.78 is 5.20. The van der Waals surface area contributed by atoms with Crippen LogP contribution < -0.4 is 9.80 Å². The summed E-state index contributed by atoms with van der Waals surface area (Å²) in [6, 6.07) is 10.4. The minimum atomic E-state index is -2.16. The Morgan fingerprint density at radius 3 is 2.68 bits per heavy atom. The molecule has 2 aromatic rings. The fourth-order valence-electron chi connectivity index (χ4n) is 6.16. The van der Waals surface area contributed by atoms with Gasteiger partial charge in [-0.1, -0.05) is 31.2 Å². The number of nitrogens with zero attached hydrogens (tertiary/aromatic N) is 4. The maximum Gasteiger partial charge on any atom is 0.304 e. The molecule has 3 heterocycles. The monoisotopic (exact) mass is 606 g/mol. The average molecular weight is 607 g/mol. The number of hydrogen-bond acceptors (Lipinski definition) is 9. The zero-order valence-electron chi connectivity index (χ0n) is 24.4. The summed E-state index contributed by atoms with van der Waals surface area (Å²) in [6.45, 7) is 3.28. The van der Waals surface area contributed by atoms with Crippen molar-refractivity contribution < 1.29 is 39.1 Å². The Hall–Kier alpha value is -4.62. The van der Waals surface area contributed by atoms with Crippen LogP contribution in [0.15, 0.2) is 54.6 Å². The highest BCUT2D eigenvalue weighted by Gasteiger charge is 2.53. The number of aliphatic hydroxyl groups is 2. The zero-order valence-corrected chi connectivity index (χ0v) is 24.4. The third kappa shape index (κ3) is 5.55. The number of carbonyl (C=O) groups excluding carboxylic acids is 4. The Labute approximate surface area is 253 Å². The molecule has 2 saturated heterocycles. The van der Waals surface area contributed by atoms with E-state index in [2.05, 4.69) is 0 Å². The number of likely N-dealkylation sites (tertiary alicyclic amines) is 1. The molecular weight excluding hydrogens is 572 g/mol. The first-order valence-electron chi connectivity index (χ1n) is 14.4. The Kier molecular flexibility index (Phi) is 8.53. The van der Waals surface area contributed by atoms with Gasteiger partial charge in [-0.3, -0.25) is 34.2 Å². The summed E-state index contributed by atoms with van der Waals surface area (Å²) in [4.78, 5) is 65.8. The van der Waals surface area contributed by atoms with Gasteiger partial charge in [-0.2, -0.15) is 0 Å². The molecule has 13 heteroatoms. The molecular formula is C31H34N4O9. The van der Waals surface area contributed by atoms with Gasteiger partial charge < -0.3 is 24.7 Å². The SMILES string of the molecule is CC(=O)OC1CC(=O)N1c1cccc(CN2C(=O)[C@](O)([C@H](C)/C=C/CC(=O)N3CCC[C@H]3CO)c3cc([N+](=O)[O-])ccc32)c1. The first-order chi connectivity index (χ1) is 20.9. The Morgan fingerprint density at radius 1 is 1.23 bits per heavy atom. The Balaban J connectivity index is 1.40. The largest absolute Gasteiger partial charge is 0.441 e. The second-order valence-electron chi connectivity index (χ2n) is 11.3. The summed E-state index contributed by atoms with van der Waals surface area (Å²) in [6.07, 6.45) is 3.99. The number of β-lactam (4-membered cyclic amide) rings is 1. The molecule has 0 bridgehead atoms. The minimum Gasteiger partial charge on any atom is -0.441 e. The normalized spacial score (nSPS) is 23.6. The quantitative estimate of drug-likeness (QED) is 0.136. The number of aliphatic hydroxyl groups excluding tert-OH is 1. The van der Waals surface area contributed by atoms with Crippen molar-refractivity contribution in [1.29, 1.82) is 0 Å². The number of fused-ring (bicyclic) bond motifs is 1. The number of amides is 3. The van der Waals surface area contributed by atoms with E-state index in [9.17, 15) is 39.5 Å². The number of hydrogen-bond donors (Lipinski definition) is 2. The molecule has 2 fully saturated rings. The van der Waals surface area contributed by atoms with E-state index in [0.717, 1.165) is 12.8 Å². The van der Waals surface area contributed by atoms with Crippen molar-refractivity contribution in [2.24, 2.45) is 5.92 Å². The Bertz CT molecular complexity index is 1540. The Morgan fingerprint density at radius 2 is 2.00 bits per heavy atom. The molecule has 0 saturated carbocycles. The second kappa shape index (κ2) is 12.2. The molecule has 0 aromatic heterocycles. The molecule has 0 aliphatic carbocycles. The van der Waals surface area contributed by atoms with Crippen molar-refractivity contribution in [2.45, 2.75) is 63.9 Å². The number of esters is 1. The van der Waals surface area contributed by atoms with Crippen LogP contribution in [0.1, 0.15) is 50.7 Å². The van der Waals surface area contributed by atoms with E-state index in [-0.39, 0.29) is 55.1 Å². The van der Waals surface area contributed by atoms with Crippen LogP contribution in [0.5, 0.6) is 0 Å². The molecule has 13 nitrogen and oxygen atoms in total. The van der Waals surface area contributed by atoms with Gasteiger partial charge in [-0.05, 0) is 36.6 Å². The van der Waals surface area contributed by atoms with E-state index in [1.54, 1.807) is 48.2 Å². The van der Waals surface area contributed by atoms with Crippen LogP contribution in [0.4, 0.5) is 17.1 Å². The zero-order chi connectivity index (χ0) is 31.8. The molecule has 2 aromatic carbocycles. The van der Waals surface area contributed by atoms with Gasteiger partial charge >= 0.3 is 5.97 Å². The van der Waals surface area contributed by atoms with Gasteiger partial charge in [0.1, 0.15) is 0 Å². The number of anilines is 2. The molecule has 0 radical (unpaired) electrons. The van der Waals surface area contributed by atoms with E-state index < -0.39 is 34.5 Å². The summed E-state index contributed by atoms with van der Waals surface area (Å²) in [5, 5.41) is 33.1. The summed E-state index contributed by atoms with van der Waals surface area (Å²) >= 11 is 0. The van der Waals surface area contributed by atoms with Gasteiger partial charge in [-0.15, -0.1) is 0 Å². The van der Waals surface area contributed by atoms with Crippen LogP contribution in [0, 0.1) is 16.0 Å². The number of benzene rings is 2. The van der Waals surface area contributed by atoms with Crippen LogP contribution >= 0.6 is 0 Å². The third-order valence-electron chi connectivity index (χ3n) is 8.49. The summed E-state index contributed by atoms with van der Waals surface area (Å²) in [7, 11) is 0. The highest BCUT2D eigenvalue weighted by molar-refractivity contribution is 6.07. The molecule has 1 unspecified atom stereocenters. The van der Waals surface area contributed by atoms with Gasteiger partial charge in [0, 0.05) is 49.2 Å². The first-order valence-corrected chi connectivity index (χ1v) is 14.4. The summed E-state index contributed by atoms with van der Waals surface area (Å²) in [5.74, 6) is -2.48. The van der Waals surface area contributed by atoms with Gasteiger partial charge in [0.25, 0.3) is 11.6 Å². The van der Waals surface area contributed by atoms with Crippen LogP contribution in [0.3, 0.4) is 0 Å². The van der Waals surface area contributed by atoms with Crippen molar-refractivity contribution in [3.05, 3.63) is 75.9 Å². The van der Waals surface area contributed by atoms with Crippen molar-refractivity contribution >= 4 is 40.8 Å². The molecule has 232 valence electrons. The fourth-order valence-corrected chi connectivity index (χ4v) is 6.16. The topological polar surface area (TPSA) is 171 Å². The van der Waals surface area contributed by atoms with Crippen LogP contribution in [-0.4, -0.2) is 69.1 Å². The molecule has 5 rings (SSSR count). The minimum absolute atomic E-state index is 0.00691. The molecule has 44 heavy (non-hydrogen) atoms. The van der Waals surface area contributed by atoms with E-state index in [1.165, 1.54) is 34.9 Å². The lowest BCUT2D eigenvalue weighted by atomic mass is 9.82. The van der Waals surface area contributed by atoms with Gasteiger partial charge in [0.05, 0.1) is 36.2 Å². The molecule has 3 amide bonds. The second-order valence-corrected chi connectivity index (χ2v) is 11.3. The van der Waals surface area contributed by atoms with E-state index in [1.807, 2.05) is 0 Å². The number of non-ortho nitro benzene ring substituents is 1. The van der Waals surface area contributed by atoms with Crippen LogP contribution in [0.2, 0.25) is 0 Å². The predicted octanol–water partition coefficient (Wildman–Crippen LogP) is 2.52. The van der Waals surface area contributed by atoms with Crippen LogP contribution in [0.25, 0.3) is 0 Å². The van der Waals surface area contributed by atoms with Crippen molar-refractivity contribution in [2.75, 3.05) is 23.0 Å². The number of ether oxygens (including phenoxy) is 1. The maximum absolute atomic E-state index is 14.0. The first kappa shape index (κ1) is 30.8. The highest BCUT2D eigenvalue weighted by atomic mass is 16.6. The summed E-state index contributed by atoms with van der Waals surface area (Å²) in [5.41, 5.74) is -1.01. The number of rotatable bonds is 10.